The van der Waals surface area contributed by atoms with Crippen LogP contribution in [0.2, 0.25) is 0 Å². The second-order valence-corrected chi connectivity index (χ2v) is 7.09. The monoisotopic (exact) mass is 488 g/mol. The lowest BCUT2D eigenvalue weighted by Gasteiger charge is -2.22. The van der Waals surface area contributed by atoms with Gasteiger partial charge in [-0.15, -0.1) is 24.0 Å². The van der Waals surface area contributed by atoms with Crippen LogP contribution < -0.4 is 15.4 Å². The summed E-state index contributed by atoms with van der Waals surface area (Å²) in [5, 5.41) is 6.65. The summed E-state index contributed by atoms with van der Waals surface area (Å²) in [5.74, 6) is 1.55. The average Bonchev–Trinajstić information content (AvgIpc) is 3.20. The highest BCUT2D eigenvalue weighted by atomic mass is 127. The Morgan fingerprint density at radius 3 is 2.70 bits per heavy atom. The second-order valence-electron chi connectivity index (χ2n) is 7.09. The molecule has 1 aromatic heterocycles. The Hall–Kier alpha value is -1.09. The largest absolute Gasteiger partial charge is 0.474 e. The quantitative estimate of drug-likeness (QED) is 0.349. The third-order valence-electron chi connectivity index (χ3n) is 4.92. The van der Waals surface area contributed by atoms with Crippen LogP contribution in [0.25, 0.3) is 0 Å². The first-order valence-electron chi connectivity index (χ1n) is 10.1. The molecule has 0 amide bonds. The Bertz CT molecular complexity index is 556. The average molecular weight is 488 g/mol. The Morgan fingerprint density at radius 2 is 2.04 bits per heavy atom. The van der Waals surface area contributed by atoms with E-state index in [4.69, 9.17) is 9.47 Å². The lowest BCUT2D eigenvalue weighted by atomic mass is 9.98. The number of rotatable bonds is 7. The standard InChI is InChI=1S/C20H32N4O2.HI/c1-2-21-20(24-15-18-9-6-12-25-18)23-14-16-10-11-19(22-13-16)26-17-7-4-3-5-8-17;/h10-11,13,17-18H,2-9,12,14-15H2,1H3,(H2,21,23,24);1H. The minimum Gasteiger partial charge on any atom is -0.474 e. The van der Waals surface area contributed by atoms with E-state index in [2.05, 4.69) is 33.6 Å². The molecule has 27 heavy (non-hydrogen) atoms. The van der Waals surface area contributed by atoms with Gasteiger partial charge in [0.25, 0.3) is 0 Å². The first-order valence-corrected chi connectivity index (χ1v) is 10.1. The predicted octanol–water partition coefficient (Wildman–Crippen LogP) is 3.65. The summed E-state index contributed by atoms with van der Waals surface area (Å²) in [6.45, 7) is 5.18. The van der Waals surface area contributed by atoms with Gasteiger partial charge < -0.3 is 20.1 Å². The molecule has 0 spiro atoms. The Labute approximate surface area is 179 Å². The number of aliphatic imine (C=N–C) groups is 1. The molecule has 1 unspecified atom stereocenters. The van der Waals surface area contributed by atoms with Gasteiger partial charge in [0.15, 0.2) is 5.96 Å². The number of aromatic nitrogens is 1. The van der Waals surface area contributed by atoms with E-state index in [0.717, 1.165) is 62.8 Å². The summed E-state index contributed by atoms with van der Waals surface area (Å²) in [7, 11) is 0. The van der Waals surface area contributed by atoms with Crippen LogP contribution in [0.3, 0.4) is 0 Å². The van der Waals surface area contributed by atoms with Gasteiger partial charge in [-0.2, -0.15) is 0 Å². The van der Waals surface area contributed by atoms with Gasteiger partial charge in [-0.05, 0) is 51.0 Å². The molecule has 0 bridgehead atoms. The minimum atomic E-state index is 0. The van der Waals surface area contributed by atoms with Gasteiger partial charge in [0, 0.05) is 32.0 Å². The van der Waals surface area contributed by atoms with Crippen LogP contribution >= 0.6 is 24.0 Å². The van der Waals surface area contributed by atoms with E-state index in [0.29, 0.717) is 18.8 Å². The van der Waals surface area contributed by atoms with Gasteiger partial charge in [-0.3, -0.25) is 0 Å². The fraction of sp³-hybridized carbons (Fsp3) is 0.700. The van der Waals surface area contributed by atoms with Crippen molar-refractivity contribution >= 4 is 29.9 Å². The molecule has 0 aromatic carbocycles. The van der Waals surface area contributed by atoms with Crippen molar-refractivity contribution in [3.8, 4) is 5.88 Å². The molecule has 2 fully saturated rings. The first kappa shape index (κ1) is 22.2. The molecule has 2 N–H and O–H groups in total. The zero-order chi connectivity index (χ0) is 18.0. The van der Waals surface area contributed by atoms with Crippen LogP contribution in [0.15, 0.2) is 23.3 Å². The number of halogens is 1. The highest BCUT2D eigenvalue weighted by Gasteiger charge is 2.16. The third-order valence-corrected chi connectivity index (χ3v) is 4.92. The van der Waals surface area contributed by atoms with Gasteiger partial charge in [-0.25, -0.2) is 9.98 Å². The normalized spacial score (nSPS) is 20.8. The van der Waals surface area contributed by atoms with Crippen molar-refractivity contribution in [1.82, 2.24) is 15.6 Å². The Morgan fingerprint density at radius 1 is 1.19 bits per heavy atom. The van der Waals surface area contributed by atoms with Crippen LogP contribution in [0, 0.1) is 0 Å². The van der Waals surface area contributed by atoms with Crippen molar-refractivity contribution < 1.29 is 9.47 Å². The van der Waals surface area contributed by atoms with Gasteiger partial charge >= 0.3 is 0 Å². The van der Waals surface area contributed by atoms with E-state index < -0.39 is 0 Å². The molecule has 2 aliphatic rings. The van der Waals surface area contributed by atoms with Crippen molar-refractivity contribution in [3.63, 3.8) is 0 Å². The maximum atomic E-state index is 5.98. The van der Waals surface area contributed by atoms with Crippen molar-refractivity contribution in [2.24, 2.45) is 4.99 Å². The molecular weight excluding hydrogens is 455 g/mol. The number of ether oxygens (including phenoxy) is 2. The molecule has 0 radical (unpaired) electrons. The number of hydrogen-bond acceptors (Lipinski definition) is 4. The van der Waals surface area contributed by atoms with E-state index >= 15 is 0 Å². The number of pyridine rings is 1. The lowest BCUT2D eigenvalue weighted by molar-refractivity contribution is 0.114. The van der Waals surface area contributed by atoms with Crippen molar-refractivity contribution in [2.45, 2.75) is 70.6 Å². The molecule has 1 aliphatic carbocycles. The second kappa shape index (κ2) is 12.4. The van der Waals surface area contributed by atoms with Crippen molar-refractivity contribution in [3.05, 3.63) is 23.9 Å². The molecule has 1 aliphatic heterocycles. The van der Waals surface area contributed by atoms with Gasteiger partial charge in [0.05, 0.1) is 12.6 Å². The van der Waals surface area contributed by atoms with Gasteiger partial charge in [0.1, 0.15) is 6.10 Å². The van der Waals surface area contributed by atoms with Crippen molar-refractivity contribution in [1.29, 1.82) is 0 Å². The summed E-state index contributed by atoms with van der Waals surface area (Å²) in [6, 6.07) is 4.02. The summed E-state index contributed by atoms with van der Waals surface area (Å²) < 4.78 is 11.6. The Kier molecular flexibility index (Phi) is 10.2. The van der Waals surface area contributed by atoms with Crippen molar-refractivity contribution in [2.75, 3.05) is 19.7 Å². The highest BCUT2D eigenvalue weighted by Crippen LogP contribution is 2.22. The van der Waals surface area contributed by atoms with Gasteiger partial charge in [0.2, 0.25) is 5.88 Å². The molecule has 6 nitrogen and oxygen atoms in total. The summed E-state index contributed by atoms with van der Waals surface area (Å²) in [5.41, 5.74) is 1.08. The van der Waals surface area contributed by atoms with E-state index in [9.17, 15) is 0 Å². The van der Waals surface area contributed by atoms with E-state index in [1.165, 1.54) is 19.3 Å². The maximum Gasteiger partial charge on any atom is 0.213 e. The number of guanidine groups is 1. The summed E-state index contributed by atoms with van der Waals surface area (Å²) >= 11 is 0. The maximum absolute atomic E-state index is 5.98. The molecule has 1 atom stereocenters. The van der Waals surface area contributed by atoms with Crippen LogP contribution in [0.5, 0.6) is 5.88 Å². The highest BCUT2D eigenvalue weighted by molar-refractivity contribution is 14.0. The minimum absolute atomic E-state index is 0. The SMILES string of the molecule is CCNC(=NCc1ccc(OC2CCCCC2)nc1)NCC1CCCO1.I. The predicted molar refractivity (Wildman–Crippen MR) is 119 cm³/mol. The third kappa shape index (κ3) is 7.81. The van der Waals surface area contributed by atoms with Crippen LogP contribution in [-0.2, 0) is 11.3 Å². The molecule has 7 heteroatoms. The molecule has 2 heterocycles. The first-order chi connectivity index (χ1) is 12.8. The molecule has 3 rings (SSSR count). The van der Waals surface area contributed by atoms with E-state index in [1.807, 2.05) is 12.3 Å². The lowest BCUT2D eigenvalue weighted by Crippen LogP contribution is -2.41. The smallest absolute Gasteiger partial charge is 0.213 e. The topological polar surface area (TPSA) is 67.8 Å². The molecule has 152 valence electrons. The van der Waals surface area contributed by atoms with Crippen LogP contribution in [-0.4, -0.2) is 42.8 Å². The zero-order valence-electron chi connectivity index (χ0n) is 16.3. The van der Waals surface area contributed by atoms with Crippen LogP contribution in [0.4, 0.5) is 0 Å². The van der Waals surface area contributed by atoms with Crippen LogP contribution in [0.1, 0.15) is 57.4 Å². The van der Waals surface area contributed by atoms with Gasteiger partial charge in [-0.1, -0.05) is 12.5 Å². The number of hydrogen-bond donors (Lipinski definition) is 2. The summed E-state index contributed by atoms with van der Waals surface area (Å²) in [6.07, 6.45) is 10.9. The summed E-state index contributed by atoms with van der Waals surface area (Å²) in [4.78, 5) is 9.10. The number of nitrogens with zero attached hydrogens (tertiary/aromatic N) is 2. The molecular formula is C20H33IN4O2. The molecule has 1 saturated carbocycles. The van der Waals surface area contributed by atoms with E-state index in [1.54, 1.807) is 0 Å². The molecule has 1 saturated heterocycles. The fourth-order valence-electron chi connectivity index (χ4n) is 3.46. The zero-order valence-corrected chi connectivity index (χ0v) is 18.6. The number of nitrogens with one attached hydrogen (secondary N) is 2. The van der Waals surface area contributed by atoms with E-state index in [-0.39, 0.29) is 24.0 Å². The molecule has 1 aromatic rings. The fourth-order valence-corrected chi connectivity index (χ4v) is 3.46. The Balaban J connectivity index is 0.00000261.